The Kier molecular flexibility index (Phi) is 13.6. The molecule has 0 N–H and O–H groups in total. The molecule has 0 radical (unpaired) electrons. The van der Waals surface area contributed by atoms with E-state index in [0.717, 1.165) is 23.1 Å². The third kappa shape index (κ3) is 12.5. The zero-order chi connectivity index (χ0) is 28.0. The Morgan fingerprint density at radius 2 is 1.35 bits per heavy atom. The van der Waals surface area contributed by atoms with Gasteiger partial charge in [0.2, 0.25) is 0 Å². The van der Waals surface area contributed by atoms with Crippen LogP contribution < -0.4 is 0 Å². The molecule has 0 saturated heterocycles. The molecule has 3 nitrogen and oxygen atoms in total. The molecule has 1 atom stereocenters. The zero-order valence-corrected chi connectivity index (χ0v) is 24.4. The fraction of sp³-hybridized carbons (Fsp3) is 0.412. The van der Waals surface area contributed by atoms with Crippen molar-refractivity contribution in [2.24, 2.45) is 5.41 Å². The first-order valence-corrected chi connectivity index (χ1v) is 13.1. The van der Waals surface area contributed by atoms with E-state index in [1.807, 2.05) is 63.3 Å². The van der Waals surface area contributed by atoms with E-state index < -0.39 is 0 Å². The van der Waals surface area contributed by atoms with Crippen molar-refractivity contribution in [2.75, 3.05) is 0 Å². The van der Waals surface area contributed by atoms with Crippen LogP contribution in [0.25, 0.3) is 0 Å². The lowest BCUT2D eigenvalue weighted by Gasteiger charge is -2.38. The summed E-state index contributed by atoms with van der Waals surface area (Å²) in [6, 6.07) is 0. The van der Waals surface area contributed by atoms with Gasteiger partial charge in [-0.2, -0.15) is 0 Å². The van der Waals surface area contributed by atoms with Gasteiger partial charge in [-0.1, -0.05) is 115 Å². The molecule has 0 amide bonds. The van der Waals surface area contributed by atoms with Crippen LogP contribution >= 0.6 is 0 Å². The molecule has 0 aromatic carbocycles. The first kappa shape index (κ1) is 31.8. The van der Waals surface area contributed by atoms with Gasteiger partial charge in [-0.25, -0.2) is 0 Å². The minimum atomic E-state index is -0.249. The van der Waals surface area contributed by atoms with Crippen molar-refractivity contribution in [1.29, 1.82) is 0 Å². The quantitative estimate of drug-likeness (QED) is 0.122. The summed E-state index contributed by atoms with van der Waals surface area (Å²) in [7, 11) is 0. The summed E-state index contributed by atoms with van der Waals surface area (Å²) in [5.74, 6) is -0.120. The molecular weight excluding hydrogens is 456 g/mol. The predicted octanol–water partition coefficient (Wildman–Crippen LogP) is 9.04. The first-order valence-electron chi connectivity index (χ1n) is 13.1. The van der Waals surface area contributed by atoms with E-state index >= 15 is 0 Å². The number of rotatable bonds is 11. The second-order valence-electron chi connectivity index (χ2n) is 10.6. The number of allylic oxidation sites excluding steroid dienone is 17. The number of esters is 1. The molecule has 1 rings (SSSR count). The van der Waals surface area contributed by atoms with Crippen molar-refractivity contribution >= 4 is 11.8 Å². The molecule has 0 saturated carbocycles. The second-order valence-corrected chi connectivity index (χ2v) is 10.6. The number of ketones is 1. The average Bonchev–Trinajstić information content (AvgIpc) is 2.78. The topological polar surface area (TPSA) is 43.4 Å². The van der Waals surface area contributed by atoms with E-state index in [2.05, 4.69) is 65.0 Å². The highest BCUT2D eigenvalue weighted by molar-refractivity contribution is 5.96. The maximum Gasteiger partial charge on any atom is 0.302 e. The van der Waals surface area contributed by atoms with Crippen LogP contribution in [0.2, 0.25) is 0 Å². The Balaban J connectivity index is 2.73. The first-order chi connectivity index (χ1) is 17.4. The van der Waals surface area contributed by atoms with Gasteiger partial charge in [-0.05, 0) is 59.0 Å². The fourth-order valence-electron chi connectivity index (χ4n) is 4.45. The van der Waals surface area contributed by atoms with Crippen LogP contribution in [0.3, 0.4) is 0 Å². The SMILES string of the molecule is C/C=C/C(C)=C/C=C/C(C)=C/C=C/C=C(C)/C=C/C=C(\C)C(=O)CC1=C(C)C[C@@H](OC(C)=O)CC1(C)C. The molecule has 200 valence electrons. The van der Waals surface area contributed by atoms with Gasteiger partial charge in [0.15, 0.2) is 5.78 Å². The number of Topliss-reactive ketones (excluding diaryl/α,β-unsaturated/α-hetero) is 1. The van der Waals surface area contributed by atoms with Crippen LogP contribution in [0.1, 0.15) is 81.6 Å². The molecule has 1 aliphatic carbocycles. The van der Waals surface area contributed by atoms with Crippen molar-refractivity contribution in [3.8, 4) is 0 Å². The van der Waals surface area contributed by atoms with Gasteiger partial charge in [0, 0.05) is 19.8 Å². The lowest BCUT2D eigenvalue weighted by molar-refractivity contribution is -0.147. The Morgan fingerprint density at radius 3 is 1.86 bits per heavy atom. The molecule has 0 heterocycles. The van der Waals surface area contributed by atoms with Crippen LogP contribution in [-0.2, 0) is 14.3 Å². The summed E-state index contributed by atoms with van der Waals surface area (Å²) in [6.45, 7) is 17.8. The van der Waals surface area contributed by atoms with Crippen molar-refractivity contribution < 1.29 is 14.3 Å². The molecule has 0 aromatic rings. The lowest BCUT2D eigenvalue weighted by atomic mass is 9.69. The summed E-state index contributed by atoms with van der Waals surface area (Å²) in [5, 5.41) is 0. The van der Waals surface area contributed by atoms with Gasteiger partial charge in [-0.3, -0.25) is 9.59 Å². The van der Waals surface area contributed by atoms with Crippen LogP contribution in [0.15, 0.2) is 106 Å². The minimum Gasteiger partial charge on any atom is -0.462 e. The maximum atomic E-state index is 12.9. The molecule has 0 aliphatic heterocycles. The Morgan fingerprint density at radius 1 is 0.838 bits per heavy atom. The van der Waals surface area contributed by atoms with Gasteiger partial charge in [0.25, 0.3) is 0 Å². The summed E-state index contributed by atoms with van der Waals surface area (Å²) < 4.78 is 5.45. The molecule has 0 fully saturated rings. The monoisotopic (exact) mass is 502 g/mol. The van der Waals surface area contributed by atoms with E-state index in [1.54, 1.807) is 0 Å². The smallest absolute Gasteiger partial charge is 0.302 e. The number of hydrogen-bond acceptors (Lipinski definition) is 3. The van der Waals surface area contributed by atoms with E-state index in [9.17, 15) is 9.59 Å². The number of carbonyl (C=O) groups is 2. The number of hydrogen-bond donors (Lipinski definition) is 0. The molecule has 37 heavy (non-hydrogen) atoms. The standard InChI is InChI=1S/C34H46O3/c1-10-15-25(2)18-13-19-26(3)16-11-12-17-27(4)20-14-21-28(5)33(36)23-32-29(6)22-31(37-30(7)35)24-34(32,8)9/h10-21,31H,22-24H2,1-9H3/b12-11+,15-10+,19-13+,20-14+,25-18+,26-16+,27-17+,28-21+/t31-/m1/s1. The van der Waals surface area contributed by atoms with Gasteiger partial charge in [0.1, 0.15) is 6.10 Å². The molecular formula is C34H46O3. The van der Waals surface area contributed by atoms with Crippen molar-refractivity contribution in [1.82, 2.24) is 0 Å². The third-order valence-electron chi connectivity index (χ3n) is 6.40. The van der Waals surface area contributed by atoms with Crippen molar-refractivity contribution in [3.63, 3.8) is 0 Å². The molecule has 0 bridgehead atoms. The van der Waals surface area contributed by atoms with Gasteiger partial charge >= 0.3 is 5.97 Å². The molecule has 0 unspecified atom stereocenters. The normalized spacial score (nSPS) is 20.2. The highest BCUT2D eigenvalue weighted by Gasteiger charge is 2.35. The molecule has 0 spiro atoms. The summed E-state index contributed by atoms with van der Waals surface area (Å²) in [5.41, 5.74) is 6.38. The third-order valence-corrected chi connectivity index (χ3v) is 6.40. The van der Waals surface area contributed by atoms with Gasteiger partial charge in [-0.15, -0.1) is 0 Å². The van der Waals surface area contributed by atoms with Crippen LogP contribution in [0.5, 0.6) is 0 Å². The maximum absolute atomic E-state index is 12.9. The molecule has 1 aliphatic rings. The van der Waals surface area contributed by atoms with Crippen LogP contribution in [-0.4, -0.2) is 17.9 Å². The largest absolute Gasteiger partial charge is 0.462 e. The van der Waals surface area contributed by atoms with Crippen molar-refractivity contribution in [3.05, 3.63) is 106 Å². The summed E-state index contributed by atoms with van der Waals surface area (Å²) >= 11 is 0. The Labute approximate surface area is 225 Å². The average molecular weight is 503 g/mol. The van der Waals surface area contributed by atoms with E-state index in [-0.39, 0.29) is 23.3 Å². The van der Waals surface area contributed by atoms with Gasteiger partial charge < -0.3 is 4.74 Å². The zero-order valence-electron chi connectivity index (χ0n) is 24.4. The second kappa shape index (κ2) is 15.8. The van der Waals surface area contributed by atoms with Gasteiger partial charge in [0.05, 0.1) is 0 Å². The minimum absolute atomic E-state index is 0.111. The van der Waals surface area contributed by atoms with Crippen molar-refractivity contribution in [2.45, 2.75) is 87.7 Å². The molecule has 3 heteroatoms. The molecule has 0 aromatic heterocycles. The predicted molar refractivity (Wildman–Crippen MR) is 158 cm³/mol. The summed E-state index contributed by atoms with van der Waals surface area (Å²) in [6.07, 6.45) is 26.1. The summed E-state index contributed by atoms with van der Waals surface area (Å²) in [4.78, 5) is 24.3. The Hall–Kier alpha value is -3.20. The fourth-order valence-corrected chi connectivity index (χ4v) is 4.45. The highest BCUT2D eigenvalue weighted by Crippen LogP contribution is 2.43. The van der Waals surface area contributed by atoms with E-state index in [0.29, 0.717) is 12.8 Å². The van der Waals surface area contributed by atoms with E-state index in [1.165, 1.54) is 23.6 Å². The van der Waals surface area contributed by atoms with E-state index in [4.69, 9.17) is 4.74 Å². The van der Waals surface area contributed by atoms with Crippen LogP contribution in [0, 0.1) is 5.41 Å². The Bertz CT molecular complexity index is 1090. The highest BCUT2D eigenvalue weighted by atomic mass is 16.5. The number of ether oxygens (including phenoxy) is 1. The lowest BCUT2D eigenvalue weighted by Crippen LogP contribution is -2.32. The number of carbonyl (C=O) groups excluding carboxylic acids is 2. The van der Waals surface area contributed by atoms with Crippen LogP contribution in [0.4, 0.5) is 0 Å².